The lowest BCUT2D eigenvalue weighted by Gasteiger charge is -2.39. The van der Waals surface area contributed by atoms with Gasteiger partial charge < -0.3 is 4.48 Å². The molecule has 0 radical (unpaired) electrons. The maximum atomic E-state index is 4.25. The van der Waals surface area contributed by atoms with Crippen molar-refractivity contribution in [2.75, 3.05) is 26.2 Å². The molecule has 0 N–H and O–H groups in total. The van der Waals surface area contributed by atoms with Crippen LogP contribution >= 0.6 is 0 Å². The molecule has 0 aromatic rings. The Labute approximate surface area is 180 Å². The lowest BCUT2D eigenvalue weighted by atomic mass is 10.0. The Morgan fingerprint density at radius 1 is 0.500 bits per heavy atom. The van der Waals surface area contributed by atoms with Crippen LogP contribution in [0.4, 0.5) is 0 Å². The molecule has 0 aromatic carbocycles. The maximum absolute atomic E-state index is 4.25. The smallest absolute Gasteiger partial charge is 0.0998 e. The Hall–Kier alpha value is -0.300. The highest BCUT2D eigenvalue weighted by atomic mass is 15.3. The van der Waals surface area contributed by atoms with Gasteiger partial charge in [0, 0.05) is 0 Å². The third kappa shape index (κ3) is 16.6. The van der Waals surface area contributed by atoms with Crippen molar-refractivity contribution in [3.63, 3.8) is 0 Å². The number of unbranched alkanes of at least 4 members (excludes halogenated alkanes) is 14. The van der Waals surface area contributed by atoms with Gasteiger partial charge in [0.1, 0.15) is 0 Å². The molecule has 0 spiro atoms. The third-order valence-corrected chi connectivity index (χ3v) is 6.31. The van der Waals surface area contributed by atoms with Crippen molar-refractivity contribution in [2.24, 2.45) is 0 Å². The normalized spacial score (nSPS) is 11.9. The second-order valence-electron chi connectivity index (χ2n) is 9.58. The molecule has 0 aromatic heterocycles. The largest absolute Gasteiger partial charge is 0.320 e. The summed E-state index contributed by atoms with van der Waals surface area (Å²) in [5.74, 6) is 0. The van der Waals surface area contributed by atoms with Gasteiger partial charge in [0.05, 0.1) is 26.2 Å². The van der Waals surface area contributed by atoms with E-state index in [2.05, 4.69) is 34.3 Å². The van der Waals surface area contributed by atoms with E-state index >= 15 is 0 Å². The number of nitrogens with zero attached hydrogens (tertiary/aromatic N) is 1. The van der Waals surface area contributed by atoms with Crippen molar-refractivity contribution >= 4 is 0 Å². The van der Waals surface area contributed by atoms with Gasteiger partial charge in [-0.05, 0) is 38.2 Å². The summed E-state index contributed by atoms with van der Waals surface area (Å²) in [5.41, 5.74) is 1.38. The van der Waals surface area contributed by atoms with Crippen LogP contribution in [-0.2, 0) is 0 Å². The third-order valence-electron chi connectivity index (χ3n) is 6.31. The Morgan fingerprint density at radius 2 is 0.821 bits per heavy atom. The molecule has 0 unspecified atom stereocenters. The number of hydrogen-bond donors (Lipinski definition) is 0. The van der Waals surface area contributed by atoms with Crippen LogP contribution in [0.3, 0.4) is 0 Å². The van der Waals surface area contributed by atoms with Crippen LogP contribution < -0.4 is 0 Å². The zero-order valence-electron chi connectivity index (χ0n) is 20.5. The van der Waals surface area contributed by atoms with Gasteiger partial charge in [-0.3, -0.25) is 0 Å². The monoisotopic (exact) mass is 394 g/mol. The summed E-state index contributed by atoms with van der Waals surface area (Å²) in [6, 6.07) is 0. The minimum atomic E-state index is 1.21. The van der Waals surface area contributed by atoms with E-state index in [0.29, 0.717) is 0 Å². The first-order valence-corrected chi connectivity index (χ1v) is 13.1. The summed E-state index contributed by atoms with van der Waals surface area (Å²) in [5, 5.41) is 0. The fourth-order valence-corrected chi connectivity index (χ4v) is 4.60. The molecule has 0 atom stereocenters. The minimum absolute atomic E-state index is 1.21. The van der Waals surface area contributed by atoms with Crippen LogP contribution in [0.1, 0.15) is 137 Å². The van der Waals surface area contributed by atoms with Crippen LogP contribution in [0.15, 0.2) is 12.2 Å². The molecule has 0 aliphatic rings. The predicted molar refractivity (Wildman–Crippen MR) is 130 cm³/mol. The average Bonchev–Trinajstić information content (AvgIpc) is 2.67. The molecule has 0 saturated carbocycles. The lowest BCUT2D eigenvalue weighted by Crippen LogP contribution is -2.51. The van der Waals surface area contributed by atoms with E-state index in [9.17, 15) is 0 Å². The summed E-state index contributed by atoms with van der Waals surface area (Å²) in [7, 11) is 0. The van der Waals surface area contributed by atoms with Crippen LogP contribution in [0.2, 0.25) is 0 Å². The Morgan fingerprint density at radius 3 is 1.18 bits per heavy atom. The van der Waals surface area contributed by atoms with Crippen LogP contribution in [0.5, 0.6) is 0 Å². The van der Waals surface area contributed by atoms with E-state index in [4.69, 9.17) is 0 Å². The molecule has 0 rings (SSSR count). The van der Waals surface area contributed by atoms with Gasteiger partial charge in [0.2, 0.25) is 0 Å². The van der Waals surface area contributed by atoms with Crippen molar-refractivity contribution < 1.29 is 4.48 Å². The van der Waals surface area contributed by atoms with Gasteiger partial charge in [-0.1, -0.05) is 111 Å². The summed E-state index contributed by atoms with van der Waals surface area (Å²) < 4.78 is 1.31. The molecule has 28 heavy (non-hydrogen) atoms. The molecule has 0 amide bonds. The van der Waals surface area contributed by atoms with Crippen molar-refractivity contribution in [1.82, 2.24) is 0 Å². The SMILES string of the molecule is C=C(C)C[N+](CCCC)(CCCC)CCCCCCCCCCCCCCC. The van der Waals surface area contributed by atoms with Crippen LogP contribution in [-0.4, -0.2) is 30.7 Å². The second kappa shape index (κ2) is 20.0. The van der Waals surface area contributed by atoms with Gasteiger partial charge in [0.25, 0.3) is 0 Å². The minimum Gasteiger partial charge on any atom is -0.320 e. The van der Waals surface area contributed by atoms with Crippen molar-refractivity contribution in [3.8, 4) is 0 Å². The Balaban J connectivity index is 3.89. The van der Waals surface area contributed by atoms with Crippen LogP contribution in [0, 0.1) is 0 Å². The lowest BCUT2D eigenvalue weighted by molar-refractivity contribution is -0.924. The Kier molecular flexibility index (Phi) is 19.8. The van der Waals surface area contributed by atoms with E-state index in [1.807, 2.05) is 0 Å². The van der Waals surface area contributed by atoms with Gasteiger partial charge in [0.15, 0.2) is 0 Å². The van der Waals surface area contributed by atoms with Crippen molar-refractivity contribution in [1.29, 1.82) is 0 Å². The van der Waals surface area contributed by atoms with Crippen molar-refractivity contribution in [3.05, 3.63) is 12.2 Å². The first-order chi connectivity index (χ1) is 13.6. The van der Waals surface area contributed by atoms with Crippen molar-refractivity contribution in [2.45, 2.75) is 137 Å². The highest BCUT2D eigenvalue weighted by Crippen LogP contribution is 2.18. The highest BCUT2D eigenvalue weighted by molar-refractivity contribution is 4.88. The number of hydrogen-bond acceptors (Lipinski definition) is 0. The Bertz CT molecular complexity index is 325. The molecule has 0 bridgehead atoms. The van der Waals surface area contributed by atoms with E-state index in [0.717, 1.165) is 0 Å². The molecule has 0 saturated heterocycles. The van der Waals surface area contributed by atoms with Gasteiger partial charge in [-0.25, -0.2) is 0 Å². The fraction of sp³-hybridized carbons (Fsp3) is 0.926. The second-order valence-corrected chi connectivity index (χ2v) is 9.58. The molecule has 1 nitrogen and oxygen atoms in total. The summed E-state index contributed by atoms with van der Waals surface area (Å²) in [4.78, 5) is 0. The molecule has 168 valence electrons. The number of quaternary nitrogens is 1. The maximum Gasteiger partial charge on any atom is 0.0998 e. The zero-order chi connectivity index (χ0) is 20.9. The standard InChI is InChI=1S/C27H56N/c1-6-9-12-13-14-15-16-17-18-19-20-21-22-25-28(23-10-7-2,24-11-8-3)26-27(4)5/h4,6-26H2,1-3,5H3/q+1. The summed E-state index contributed by atoms with van der Waals surface area (Å²) in [6.07, 6.45) is 24.2. The molecular formula is C27H56N+. The molecule has 1 heteroatoms. The van der Waals surface area contributed by atoms with E-state index in [1.54, 1.807) is 0 Å². The van der Waals surface area contributed by atoms with Gasteiger partial charge >= 0.3 is 0 Å². The number of rotatable bonds is 22. The first-order valence-electron chi connectivity index (χ1n) is 13.1. The quantitative estimate of drug-likeness (QED) is 0.0975. The van der Waals surface area contributed by atoms with Gasteiger partial charge in [-0.15, -0.1) is 0 Å². The predicted octanol–water partition coefficient (Wildman–Crippen LogP) is 9.07. The summed E-state index contributed by atoms with van der Waals surface area (Å²) >= 11 is 0. The average molecular weight is 395 g/mol. The highest BCUT2D eigenvalue weighted by Gasteiger charge is 2.25. The molecular weight excluding hydrogens is 338 g/mol. The van der Waals surface area contributed by atoms with Gasteiger partial charge in [-0.2, -0.15) is 0 Å². The molecule has 0 fully saturated rings. The van der Waals surface area contributed by atoms with E-state index < -0.39 is 0 Å². The van der Waals surface area contributed by atoms with E-state index in [-0.39, 0.29) is 0 Å². The van der Waals surface area contributed by atoms with Crippen LogP contribution in [0.25, 0.3) is 0 Å². The topological polar surface area (TPSA) is 0 Å². The van der Waals surface area contributed by atoms with E-state index in [1.165, 1.54) is 145 Å². The molecule has 0 aliphatic heterocycles. The zero-order valence-corrected chi connectivity index (χ0v) is 20.5. The molecule has 0 heterocycles. The fourth-order valence-electron chi connectivity index (χ4n) is 4.60. The first kappa shape index (κ1) is 27.7. The summed E-state index contributed by atoms with van der Waals surface area (Å²) in [6.45, 7) is 18.8. The molecule has 0 aliphatic carbocycles.